The Balaban J connectivity index is 2.84. The predicted octanol–water partition coefficient (Wildman–Crippen LogP) is 3.27. The molecule has 0 saturated heterocycles. The Bertz CT molecular complexity index is 437. The summed E-state index contributed by atoms with van der Waals surface area (Å²) in [5.41, 5.74) is 0. The maximum Gasteiger partial charge on any atom is 0.149 e. The molecule has 0 N–H and O–H groups in total. The second kappa shape index (κ2) is 7.77. The summed E-state index contributed by atoms with van der Waals surface area (Å²) < 4.78 is 12.4. The first kappa shape index (κ1) is 14.6. The Morgan fingerprint density at radius 2 is 1.89 bits per heavy atom. The van der Waals surface area contributed by atoms with E-state index in [2.05, 4.69) is 13.2 Å². The summed E-state index contributed by atoms with van der Waals surface area (Å²) in [5, 5.41) is -0.496. The third-order valence-corrected chi connectivity index (χ3v) is 4.28. The van der Waals surface area contributed by atoms with Gasteiger partial charge in [0.05, 0.1) is 10.8 Å². The summed E-state index contributed by atoms with van der Waals surface area (Å²) in [4.78, 5) is 12.7. The highest BCUT2D eigenvalue weighted by molar-refractivity contribution is 7.86. The Hall–Kier alpha value is -1.48. The van der Waals surface area contributed by atoms with Crippen molar-refractivity contribution in [2.45, 2.75) is 29.4 Å². The zero-order valence-corrected chi connectivity index (χ0v) is 11.2. The monoisotopic (exact) mass is 262 g/mol. The van der Waals surface area contributed by atoms with E-state index in [0.29, 0.717) is 24.2 Å². The number of Topliss-reactive ketones (excluding diaryl/α,β-unsaturated/α-hetero) is 1. The van der Waals surface area contributed by atoms with Crippen molar-refractivity contribution in [2.24, 2.45) is 0 Å². The van der Waals surface area contributed by atoms with Crippen LogP contribution in [0.25, 0.3) is 0 Å². The molecule has 0 radical (unpaired) electrons. The molecule has 18 heavy (non-hydrogen) atoms. The number of carbonyl (C=O) groups is 1. The van der Waals surface area contributed by atoms with E-state index < -0.39 is 16.0 Å². The molecule has 0 bridgehead atoms. The number of carbonyl (C=O) groups excluding carboxylic acids is 1. The highest BCUT2D eigenvalue weighted by Crippen LogP contribution is 2.16. The van der Waals surface area contributed by atoms with Crippen molar-refractivity contribution in [3.8, 4) is 0 Å². The van der Waals surface area contributed by atoms with Crippen LogP contribution in [-0.2, 0) is 15.6 Å². The summed E-state index contributed by atoms with van der Waals surface area (Å²) in [6.45, 7) is 7.23. The number of ketones is 1. The zero-order chi connectivity index (χ0) is 13.4. The molecule has 96 valence electrons. The maximum absolute atomic E-state index is 12.4. The van der Waals surface area contributed by atoms with Gasteiger partial charge in [-0.05, 0) is 25.0 Å². The quantitative estimate of drug-likeness (QED) is 0.674. The maximum atomic E-state index is 12.4. The molecule has 0 aromatic heterocycles. The van der Waals surface area contributed by atoms with Crippen LogP contribution < -0.4 is 0 Å². The lowest BCUT2D eigenvalue weighted by atomic mass is 10.1. The Labute approximate surface area is 111 Å². The highest BCUT2D eigenvalue weighted by Gasteiger charge is 2.24. The van der Waals surface area contributed by atoms with Crippen LogP contribution in [0.15, 0.2) is 60.5 Å². The van der Waals surface area contributed by atoms with Crippen molar-refractivity contribution >= 4 is 16.6 Å². The van der Waals surface area contributed by atoms with Gasteiger partial charge in [0.2, 0.25) is 0 Å². The average molecular weight is 262 g/mol. The van der Waals surface area contributed by atoms with E-state index in [1.165, 1.54) is 0 Å². The Kier molecular flexibility index (Phi) is 6.29. The highest BCUT2D eigenvalue weighted by atomic mass is 32.2. The van der Waals surface area contributed by atoms with Gasteiger partial charge in [-0.25, -0.2) is 0 Å². The minimum atomic E-state index is -1.31. The Morgan fingerprint density at radius 3 is 2.44 bits per heavy atom. The van der Waals surface area contributed by atoms with Crippen molar-refractivity contribution in [1.29, 1.82) is 0 Å². The van der Waals surface area contributed by atoms with Crippen LogP contribution in [0, 0.1) is 0 Å². The molecular weight excluding hydrogens is 244 g/mol. The van der Waals surface area contributed by atoms with Crippen molar-refractivity contribution in [3.05, 3.63) is 55.6 Å². The fourth-order valence-electron chi connectivity index (χ4n) is 1.61. The van der Waals surface area contributed by atoms with E-state index in [4.69, 9.17) is 0 Å². The van der Waals surface area contributed by atoms with Crippen LogP contribution in [0.3, 0.4) is 0 Å². The summed E-state index contributed by atoms with van der Waals surface area (Å²) in [6.07, 6.45) is 4.81. The lowest BCUT2D eigenvalue weighted by Crippen LogP contribution is -2.25. The van der Waals surface area contributed by atoms with Crippen LogP contribution in [0.5, 0.6) is 0 Å². The molecule has 0 aliphatic rings. The summed E-state index contributed by atoms with van der Waals surface area (Å²) in [7, 11) is -1.31. The molecule has 2 unspecified atom stereocenters. The normalized spacial score (nSPS) is 13.6. The number of hydrogen-bond donors (Lipinski definition) is 0. The van der Waals surface area contributed by atoms with E-state index in [0.717, 1.165) is 0 Å². The first-order chi connectivity index (χ1) is 8.70. The van der Waals surface area contributed by atoms with Gasteiger partial charge < -0.3 is 0 Å². The molecule has 1 aromatic carbocycles. The van der Waals surface area contributed by atoms with E-state index in [9.17, 15) is 9.00 Å². The number of allylic oxidation sites excluding steroid dienone is 2. The Morgan fingerprint density at radius 1 is 1.22 bits per heavy atom. The molecule has 0 heterocycles. The van der Waals surface area contributed by atoms with Gasteiger partial charge >= 0.3 is 0 Å². The van der Waals surface area contributed by atoms with E-state index in [1.54, 1.807) is 24.3 Å². The van der Waals surface area contributed by atoms with Crippen LogP contribution >= 0.6 is 0 Å². The summed E-state index contributed by atoms with van der Waals surface area (Å²) >= 11 is 0. The second-order valence-corrected chi connectivity index (χ2v) is 5.55. The largest absolute Gasteiger partial charge is 0.298 e. The number of rotatable bonds is 8. The van der Waals surface area contributed by atoms with Gasteiger partial charge in [0.15, 0.2) is 0 Å². The van der Waals surface area contributed by atoms with Crippen molar-refractivity contribution in [1.82, 2.24) is 0 Å². The van der Waals surface area contributed by atoms with Crippen LogP contribution in [-0.4, -0.2) is 15.2 Å². The number of benzene rings is 1. The first-order valence-electron chi connectivity index (χ1n) is 5.90. The molecule has 0 spiro atoms. The van der Waals surface area contributed by atoms with Gasteiger partial charge in [-0.15, -0.1) is 13.2 Å². The molecule has 0 aliphatic carbocycles. The van der Waals surface area contributed by atoms with Gasteiger partial charge in [0.25, 0.3) is 0 Å². The predicted molar refractivity (Wildman–Crippen MR) is 75.9 cm³/mol. The van der Waals surface area contributed by atoms with Gasteiger partial charge in [-0.3, -0.25) is 9.00 Å². The van der Waals surface area contributed by atoms with Gasteiger partial charge in [0, 0.05) is 11.3 Å². The van der Waals surface area contributed by atoms with Crippen molar-refractivity contribution in [3.63, 3.8) is 0 Å². The molecule has 0 aliphatic heterocycles. The third-order valence-electron chi connectivity index (χ3n) is 2.57. The van der Waals surface area contributed by atoms with Crippen LogP contribution in [0.2, 0.25) is 0 Å². The van der Waals surface area contributed by atoms with Gasteiger partial charge in [0.1, 0.15) is 11.0 Å². The van der Waals surface area contributed by atoms with Crippen molar-refractivity contribution in [2.75, 3.05) is 0 Å². The molecule has 2 nitrogen and oxygen atoms in total. The van der Waals surface area contributed by atoms with E-state index >= 15 is 0 Å². The van der Waals surface area contributed by atoms with E-state index in [1.807, 2.05) is 18.2 Å². The van der Waals surface area contributed by atoms with Crippen LogP contribution in [0.4, 0.5) is 0 Å². The van der Waals surface area contributed by atoms with E-state index in [-0.39, 0.29) is 5.78 Å². The molecule has 0 saturated carbocycles. The zero-order valence-electron chi connectivity index (χ0n) is 10.4. The van der Waals surface area contributed by atoms with Gasteiger partial charge in [-0.2, -0.15) is 0 Å². The fraction of sp³-hybridized carbons (Fsp3) is 0.267. The molecule has 1 rings (SSSR count). The molecule has 2 atom stereocenters. The van der Waals surface area contributed by atoms with Crippen LogP contribution in [0.1, 0.15) is 19.3 Å². The first-order valence-corrected chi connectivity index (χ1v) is 7.12. The topological polar surface area (TPSA) is 34.1 Å². The SMILES string of the molecule is C=CCCC(=O)C(CC=C)S(=O)c1ccccc1. The minimum absolute atomic E-state index is 0.0111. The minimum Gasteiger partial charge on any atom is -0.298 e. The lowest BCUT2D eigenvalue weighted by molar-refractivity contribution is -0.118. The van der Waals surface area contributed by atoms with Crippen molar-refractivity contribution < 1.29 is 9.00 Å². The molecular formula is C15H18O2S. The fourth-order valence-corrected chi connectivity index (χ4v) is 3.04. The third kappa shape index (κ3) is 4.08. The molecule has 3 heteroatoms. The summed E-state index contributed by atoms with van der Waals surface area (Å²) in [5.74, 6) is 0.0111. The molecule has 1 aromatic rings. The lowest BCUT2D eigenvalue weighted by Gasteiger charge is -2.13. The molecule has 0 fully saturated rings. The smallest absolute Gasteiger partial charge is 0.149 e. The average Bonchev–Trinajstić information content (AvgIpc) is 2.42. The van der Waals surface area contributed by atoms with Gasteiger partial charge in [-0.1, -0.05) is 30.4 Å². The molecule has 0 amide bonds. The standard InChI is InChI=1S/C15H18O2S/c1-3-5-12-14(16)15(9-4-2)18(17)13-10-7-6-8-11-13/h3-4,6-8,10-11,15H,1-2,5,9,12H2. The second-order valence-electron chi connectivity index (χ2n) is 3.92. The summed E-state index contributed by atoms with van der Waals surface area (Å²) in [6, 6.07) is 9.08. The number of hydrogen-bond acceptors (Lipinski definition) is 2.